The first-order valence-electron chi connectivity index (χ1n) is 7.43. The van der Waals surface area contributed by atoms with Crippen LogP contribution in [0.4, 0.5) is 11.6 Å². The Balaban J connectivity index is 2.09. The van der Waals surface area contributed by atoms with Gasteiger partial charge in [-0.15, -0.1) is 0 Å². The van der Waals surface area contributed by atoms with E-state index in [1.54, 1.807) is 6.20 Å². The third kappa shape index (κ3) is 4.18. The van der Waals surface area contributed by atoms with E-state index in [0.29, 0.717) is 0 Å². The molecular formula is C15H24N6. The van der Waals surface area contributed by atoms with Gasteiger partial charge in [0.05, 0.1) is 6.54 Å². The molecule has 2 N–H and O–H groups in total. The summed E-state index contributed by atoms with van der Waals surface area (Å²) in [4.78, 5) is 8.99. The Morgan fingerprint density at radius 1 is 1.24 bits per heavy atom. The molecule has 0 fully saturated rings. The van der Waals surface area contributed by atoms with E-state index in [1.807, 2.05) is 30.8 Å². The highest BCUT2D eigenvalue weighted by molar-refractivity contribution is 5.57. The van der Waals surface area contributed by atoms with Gasteiger partial charge in [0.1, 0.15) is 17.5 Å². The average molecular weight is 288 g/mol. The van der Waals surface area contributed by atoms with Crippen molar-refractivity contribution in [1.82, 2.24) is 19.7 Å². The highest BCUT2D eigenvalue weighted by Gasteiger charge is 2.11. The fraction of sp³-hybridized carbons (Fsp3) is 0.533. The zero-order valence-corrected chi connectivity index (χ0v) is 13.2. The van der Waals surface area contributed by atoms with Crippen LogP contribution in [0.3, 0.4) is 0 Å². The number of aryl methyl sites for hydroxylation is 1. The van der Waals surface area contributed by atoms with Gasteiger partial charge in [-0.1, -0.05) is 6.92 Å². The Kier molecular flexibility index (Phi) is 5.14. The molecule has 0 aliphatic heterocycles. The molecule has 21 heavy (non-hydrogen) atoms. The second-order valence-corrected chi connectivity index (χ2v) is 5.29. The highest BCUT2D eigenvalue weighted by atomic mass is 15.3. The quantitative estimate of drug-likeness (QED) is 0.819. The number of aromatic nitrogens is 4. The summed E-state index contributed by atoms with van der Waals surface area (Å²) in [5, 5.41) is 11.0. The van der Waals surface area contributed by atoms with Gasteiger partial charge < -0.3 is 10.6 Å². The van der Waals surface area contributed by atoms with E-state index >= 15 is 0 Å². The predicted octanol–water partition coefficient (Wildman–Crippen LogP) is 2.61. The molecule has 2 aromatic heterocycles. The van der Waals surface area contributed by atoms with Crippen LogP contribution in [0.2, 0.25) is 0 Å². The van der Waals surface area contributed by atoms with Crippen LogP contribution in [-0.2, 0) is 6.54 Å². The summed E-state index contributed by atoms with van der Waals surface area (Å²) >= 11 is 0. The van der Waals surface area contributed by atoms with Gasteiger partial charge in [0.2, 0.25) is 0 Å². The maximum absolute atomic E-state index is 4.52. The molecule has 0 saturated heterocycles. The minimum Gasteiger partial charge on any atom is -0.370 e. The van der Waals surface area contributed by atoms with Crippen molar-refractivity contribution < 1.29 is 0 Å². The zero-order valence-electron chi connectivity index (χ0n) is 13.2. The summed E-state index contributed by atoms with van der Waals surface area (Å²) in [6.07, 6.45) is 4.82. The van der Waals surface area contributed by atoms with Gasteiger partial charge in [-0.2, -0.15) is 5.10 Å². The molecule has 0 saturated carbocycles. The zero-order chi connectivity index (χ0) is 15.2. The molecule has 2 heterocycles. The molecule has 1 atom stereocenters. The van der Waals surface area contributed by atoms with Crippen molar-refractivity contribution in [3.63, 3.8) is 0 Å². The van der Waals surface area contributed by atoms with Gasteiger partial charge in [0.15, 0.2) is 0 Å². The first kappa shape index (κ1) is 15.3. The van der Waals surface area contributed by atoms with Gasteiger partial charge >= 0.3 is 0 Å². The molecule has 6 heteroatoms. The second-order valence-electron chi connectivity index (χ2n) is 5.29. The lowest BCUT2D eigenvalue weighted by atomic mass is 10.2. The van der Waals surface area contributed by atoms with Crippen molar-refractivity contribution in [3.8, 4) is 0 Å². The number of hydrogen-bond acceptors (Lipinski definition) is 5. The molecule has 0 aliphatic rings. The summed E-state index contributed by atoms with van der Waals surface area (Å²) in [6, 6.07) is 2.16. The number of nitrogens with zero attached hydrogens (tertiary/aromatic N) is 4. The molecule has 0 aromatic carbocycles. The van der Waals surface area contributed by atoms with Crippen molar-refractivity contribution in [2.75, 3.05) is 17.2 Å². The van der Waals surface area contributed by atoms with E-state index < -0.39 is 0 Å². The molecule has 0 amide bonds. The maximum Gasteiger partial charge on any atom is 0.135 e. The lowest BCUT2D eigenvalue weighted by molar-refractivity contribution is 0.559. The van der Waals surface area contributed by atoms with Gasteiger partial charge in [-0.3, -0.25) is 4.68 Å². The molecule has 0 bridgehead atoms. The van der Waals surface area contributed by atoms with E-state index in [-0.39, 0.29) is 6.04 Å². The first-order valence-corrected chi connectivity index (χ1v) is 7.43. The summed E-state index contributed by atoms with van der Waals surface area (Å²) in [7, 11) is 0. The fourth-order valence-electron chi connectivity index (χ4n) is 2.15. The van der Waals surface area contributed by atoms with Crippen molar-refractivity contribution in [1.29, 1.82) is 0 Å². The van der Waals surface area contributed by atoms with Crippen LogP contribution in [0.5, 0.6) is 0 Å². The molecule has 6 nitrogen and oxygen atoms in total. The average Bonchev–Trinajstić information content (AvgIpc) is 2.93. The van der Waals surface area contributed by atoms with Crippen molar-refractivity contribution >= 4 is 11.6 Å². The predicted molar refractivity (Wildman–Crippen MR) is 85.6 cm³/mol. The smallest absolute Gasteiger partial charge is 0.135 e. The third-order valence-electron chi connectivity index (χ3n) is 3.20. The Morgan fingerprint density at radius 3 is 2.67 bits per heavy atom. The fourth-order valence-corrected chi connectivity index (χ4v) is 2.15. The van der Waals surface area contributed by atoms with Crippen LogP contribution in [-0.4, -0.2) is 32.3 Å². The van der Waals surface area contributed by atoms with Gasteiger partial charge in [-0.25, -0.2) is 9.97 Å². The Bertz CT molecular complexity index is 564. The monoisotopic (exact) mass is 288 g/mol. The van der Waals surface area contributed by atoms with Gasteiger partial charge in [-0.05, 0) is 33.3 Å². The normalized spacial score (nSPS) is 12.2. The van der Waals surface area contributed by atoms with E-state index in [4.69, 9.17) is 0 Å². The summed E-state index contributed by atoms with van der Waals surface area (Å²) in [6.45, 7) is 9.94. The molecule has 2 aromatic rings. The Labute approximate surface area is 126 Å². The van der Waals surface area contributed by atoms with E-state index in [2.05, 4.69) is 39.5 Å². The number of nitrogens with one attached hydrogen (secondary N) is 2. The largest absolute Gasteiger partial charge is 0.370 e. The molecule has 0 radical (unpaired) electrons. The van der Waals surface area contributed by atoms with Crippen LogP contribution >= 0.6 is 0 Å². The van der Waals surface area contributed by atoms with Crippen LogP contribution in [0, 0.1) is 13.8 Å². The Morgan fingerprint density at radius 2 is 2.00 bits per heavy atom. The van der Waals surface area contributed by atoms with Crippen LogP contribution in [0.1, 0.15) is 31.7 Å². The molecule has 0 spiro atoms. The summed E-state index contributed by atoms with van der Waals surface area (Å²) in [5.41, 5.74) is 1.06. The SMILES string of the molecule is CCCNc1nc(C)nc(NC(C)Cn2cccn2)c1C. The molecule has 0 aliphatic carbocycles. The number of anilines is 2. The summed E-state index contributed by atoms with van der Waals surface area (Å²) in [5.74, 6) is 2.58. The molecule has 114 valence electrons. The number of rotatable bonds is 7. The van der Waals surface area contributed by atoms with Gasteiger partial charge in [0.25, 0.3) is 0 Å². The maximum atomic E-state index is 4.52. The lowest BCUT2D eigenvalue weighted by Gasteiger charge is -2.18. The molecule has 1 unspecified atom stereocenters. The van der Waals surface area contributed by atoms with Crippen molar-refractivity contribution in [3.05, 3.63) is 29.8 Å². The lowest BCUT2D eigenvalue weighted by Crippen LogP contribution is -2.24. The number of hydrogen-bond donors (Lipinski definition) is 2. The van der Waals surface area contributed by atoms with E-state index in [9.17, 15) is 0 Å². The minimum atomic E-state index is 0.233. The Hall–Kier alpha value is -2.11. The molecular weight excluding hydrogens is 264 g/mol. The minimum absolute atomic E-state index is 0.233. The van der Waals surface area contributed by atoms with Crippen LogP contribution in [0.25, 0.3) is 0 Å². The van der Waals surface area contributed by atoms with E-state index in [1.165, 1.54) is 0 Å². The van der Waals surface area contributed by atoms with Crippen molar-refractivity contribution in [2.45, 2.75) is 46.7 Å². The molecule has 2 rings (SSSR count). The summed E-state index contributed by atoms with van der Waals surface area (Å²) < 4.78 is 1.91. The van der Waals surface area contributed by atoms with E-state index in [0.717, 1.165) is 42.5 Å². The van der Waals surface area contributed by atoms with Crippen LogP contribution < -0.4 is 10.6 Å². The third-order valence-corrected chi connectivity index (χ3v) is 3.20. The van der Waals surface area contributed by atoms with Gasteiger partial charge in [0, 0.05) is 30.5 Å². The first-order chi connectivity index (χ1) is 10.1. The van der Waals surface area contributed by atoms with Crippen molar-refractivity contribution in [2.24, 2.45) is 0 Å². The second kappa shape index (κ2) is 7.06. The highest BCUT2D eigenvalue weighted by Crippen LogP contribution is 2.20. The standard InChI is InChI=1S/C15H24N6/c1-5-7-16-14-12(3)15(20-13(4)19-14)18-11(2)10-21-9-6-8-17-21/h6,8-9,11H,5,7,10H2,1-4H3,(H2,16,18,19,20). The topological polar surface area (TPSA) is 67.7 Å². The van der Waals surface area contributed by atoms with Crippen LogP contribution in [0.15, 0.2) is 18.5 Å².